The summed E-state index contributed by atoms with van der Waals surface area (Å²) in [4.78, 5) is 1.98. The lowest BCUT2D eigenvalue weighted by Gasteiger charge is -2.20. The van der Waals surface area contributed by atoms with E-state index < -0.39 is 0 Å². The Bertz CT molecular complexity index is 963. The van der Waals surface area contributed by atoms with Gasteiger partial charge in [0.15, 0.2) is 5.11 Å². The minimum Gasteiger partial charge on any atom is -0.346 e. The van der Waals surface area contributed by atoms with Crippen LogP contribution in [-0.4, -0.2) is 36.6 Å². The van der Waals surface area contributed by atoms with Gasteiger partial charge in [0.2, 0.25) is 0 Å². The van der Waals surface area contributed by atoms with Gasteiger partial charge in [-0.1, -0.05) is 30.3 Å². The number of hydrogen-bond acceptors (Lipinski definition) is 3. The summed E-state index contributed by atoms with van der Waals surface area (Å²) in [5.74, 6) is 0. The van der Waals surface area contributed by atoms with Crippen molar-refractivity contribution in [2.24, 2.45) is 0 Å². The lowest BCUT2D eigenvalue weighted by Crippen LogP contribution is -2.31. The summed E-state index contributed by atoms with van der Waals surface area (Å²) in [7, 11) is 1.96. The average Bonchev–Trinajstić information content (AvgIpc) is 3.16. The Hall–Kier alpha value is -2.19. The summed E-state index contributed by atoms with van der Waals surface area (Å²) in [6.45, 7) is 8.32. The van der Waals surface area contributed by atoms with Gasteiger partial charge >= 0.3 is 0 Å². The van der Waals surface area contributed by atoms with Crippen molar-refractivity contribution in [2.75, 3.05) is 12.4 Å². The molecule has 0 aliphatic heterocycles. The van der Waals surface area contributed by atoms with E-state index in [1.165, 1.54) is 5.56 Å². The summed E-state index contributed by atoms with van der Waals surface area (Å²) in [6.07, 6.45) is 1.99. The van der Waals surface area contributed by atoms with Crippen molar-refractivity contribution >= 4 is 38.9 Å². The van der Waals surface area contributed by atoms with Gasteiger partial charge in [-0.25, -0.2) is 0 Å². The molecule has 0 bridgehead atoms. The van der Waals surface area contributed by atoms with Crippen molar-refractivity contribution in [3.05, 3.63) is 63.6 Å². The highest BCUT2D eigenvalue weighted by molar-refractivity contribution is 9.10. The van der Waals surface area contributed by atoms with Crippen LogP contribution >= 0.6 is 28.1 Å². The zero-order valence-corrected chi connectivity index (χ0v) is 19.0. The Morgan fingerprint density at radius 1 is 1.21 bits per heavy atom. The SMILES string of the molecule is CCn1cc(Br)c(CN(C)C(=S)Nc2c(C)nn(Cc3ccccc3)c2C)n1. The van der Waals surface area contributed by atoms with Gasteiger partial charge in [-0.3, -0.25) is 9.36 Å². The molecule has 8 heteroatoms. The van der Waals surface area contributed by atoms with Crippen molar-refractivity contribution in [1.82, 2.24) is 24.5 Å². The van der Waals surface area contributed by atoms with Crippen molar-refractivity contribution in [2.45, 2.75) is 40.4 Å². The van der Waals surface area contributed by atoms with Gasteiger partial charge in [0.25, 0.3) is 0 Å². The predicted octanol–water partition coefficient (Wildman–Crippen LogP) is 4.36. The smallest absolute Gasteiger partial charge is 0.173 e. The standard InChI is InChI=1S/C20H25BrN6S/c1-5-26-12-17(21)18(24-26)13-25(4)20(28)22-19-14(2)23-27(15(19)3)11-16-9-7-6-8-10-16/h6-10,12H,5,11,13H2,1-4H3,(H,22,28). The molecule has 28 heavy (non-hydrogen) atoms. The highest BCUT2D eigenvalue weighted by Crippen LogP contribution is 2.22. The second-order valence-electron chi connectivity index (χ2n) is 6.75. The summed E-state index contributed by atoms with van der Waals surface area (Å²) in [5.41, 5.74) is 5.14. The third-order valence-electron chi connectivity index (χ3n) is 4.63. The van der Waals surface area contributed by atoms with Crippen LogP contribution in [0, 0.1) is 13.8 Å². The van der Waals surface area contributed by atoms with Gasteiger partial charge < -0.3 is 10.2 Å². The van der Waals surface area contributed by atoms with E-state index in [2.05, 4.69) is 57.4 Å². The number of halogens is 1. The Kier molecular flexibility index (Phi) is 6.51. The number of aryl methyl sites for hydroxylation is 2. The second kappa shape index (κ2) is 8.87. The molecule has 6 nitrogen and oxygen atoms in total. The number of benzene rings is 1. The van der Waals surface area contributed by atoms with E-state index in [4.69, 9.17) is 12.2 Å². The highest BCUT2D eigenvalue weighted by Gasteiger charge is 2.16. The van der Waals surface area contributed by atoms with Crippen LogP contribution in [0.15, 0.2) is 41.0 Å². The molecule has 148 valence electrons. The van der Waals surface area contributed by atoms with E-state index >= 15 is 0 Å². The van der Waals surface area contributed by atoms with Crippen molar-refractivity contribution in [3.8, 4) is 0 Å². The van der Waals surface area contributed by atoms with Crippen LogP contribution in [0.4, 0.5) is 5.69 Å². The van der Waals surface area contributed by atoms with Crippen LogP contribution in [0.25, 0.3) is 0 Å². The molecule has 0 aliphatic rings. The third kappa shape index (κ3) is 4.62. The zero-order chi connectivity index (χ0) is 20.3. The molecule has 1 N–H and O–H groups in total. The molecular formula is C20H25BrN6S. The Labute approximate surface area is 179 Å². The molecule has 1 aromatic carbocycles. The first-order valence-corrected chi connectivity index (χ1v) is 10.4. The molecule has 0 saturated carbocycles. The van der Waals surface area contributed by atoms with E-state index in [0.29, 0.717) is 11.7 Å². The molecule has 0 fully saturated rings. The van der Waals surface area contributed by atoms with Crippen molar-refractivity contribution in [1.29, 1.82) is 0 Å². The van der Waals surface area contributed by atoms with Crippen LogP contribution in [-0.2, 0) is 19.6 Å². The van der Waals surface area contributed by atoms with Gasteiger partial charge in [0.1, 0.15) is 0 Å². The topological polar surface area (TPSA) is 50.9 Å². The fourth-order valence-electron chi connectivity index (χ4n) is 2.99. The molecule has 3 aromatic rings. The molecule has 2 heterocycles. The normalized spacial score (nSPS) is 10.9. The van der Waals surface area contributed by atoms with Gasteiger partial charge in [-0.2, -0.15) is 10.2 Å². The van der Waals surface area contributed by atoms with Crippen LogP contribution in [0.3, 0.4) is 0 Å². The number of aromatic nitrogens is 4. The molecule has 0 aliphatic carbocycles. The summed E-state index contributed by atoms with van der Waals surface area (Å²) >= 11 is 9.20. The molecule has 0 radical (unpaired) electrons. The van der Waals surface area contributed by atoms with E-state index in [0.717, 1.165) is 40.3 Å². The minimum atomic E-state index is 0.621. The van der Waals surface area contributed by atoms with Gasteiger partial charge in [-0.15, -0.1) is 0 Å². The van der Waals surface area contributed by atoms with Gasteiger partial charge in [0, 0.05) is 19.8 Å². The zero-order valence-electron chi connectivity index (χ0n) is 16.6. The third-order valence-corrected chi connectivity index (χ3v) is 5.71. The second-order valence-corrected chi connectivity index (χ2v) is 8.00. The first-order valence-electron chi connectivity index (χ1n) is 9.21. The number of anilines is 1. The largest absolute Gasteiger partial charge is 0.346 e. The summed E-state index contributed by atoms with van der Waals surface area (Å²) in [5, 5.41) is 13.3. The van der Waals surface area contributed by atoms with E-state index in [1.807, 2.05) is 52.6 Å². The van der Waals surface area contributed by atoms with Gasteiger partial charge in [0.05, 0.1) is 40.3 Å². The van der Waals surface area contributed by atoms with Crippen LogP contribution in [0.1, 0.15) is 29.6 Å². The molecule has 3 rings (SSSR count). The van der Waals surface area contributed by atoms with Crippen LogP contribution in [0.2, 0.25) is 0 Å². The maximum absolute atomic E-state index is 5.62. The first-order chi connectivity index (χ1) is 13.4. The van der Waals surface area contributed by atoms with E-state index in [1.54, 1.807) is 0 Å². The number of nitrogens with zero attached hydrogens (tertiary/aromatic N) is 5. The van der Waals surface area contributed by atoms with Crippen LogP contribution < -0.4 is 5.32 Å². The molecule has 0 amide bonds. The Morgan fingerprint density at radius 3 is 2.57 bits per heavy atom. The molecule has 0 unspecified atom stereocenters. The fraction of sp³-hybridized carbons (Fsp3) is 0.350. The Morgan fingerprint density at radius 2 is 1.93 bits per heavy atom. The summed E-state index contributed by atoms with van der Waals surface area (Å²) in [6, 6.07) is 10.3. The highest BCUT2D eigenvalue weighted by atomic mass is 79.9. The number of rotatable bonds is 6. The maximum atomic E-state index is 5.62. The molecule has 0 atom stereocenters. The van der Waals surface area contributed by atoms with Gasteiger partial charge in [-0.05, 0) is 54.5 Å². The van der Waals surface area contributed by atoms with E-state index in [9.17, 15) is 0 Å². The number of nitrogens with one attached hydrogen (secondary N) is 1. The lowest BCUT2D eigenvalue weighted by atomic mass is 10.2. The maximum Gasteiger partial charge on any atom is 0.173 e. The Balaban J connectivity index is 1.70. The minimum absolute atomic E-state index is 0.621. The molecule has 0 spiro atoms. The van der Waals surface area contributed by atoms with Crippen LogP contribution in [0.5, 0.6) is 0 Å². The monoisotopic (exact) mass is 460 g/mol. The molecular weight excluding hydrogens is 436 g/mol. The van der Waals surface area contributed by atoms with Crippen molar-refractivity contribution in [3.63, 3.8) is 0 Å². The van der Waals surface area contributed by atoms with Crippen molar-refractivity contribution < 1.29 is 0 Å². The quantitative estimate of drug-likeness (QED) is 0.553. The number of thiocarbonyl (C=S) groups is 1. The van der Waals surface area contributed by atoms with E-state index in [-0.39, 0.29) is 0 Å². The average molecular weight is 461 g/mol. The summed E-state index contributed by atoms with van der Waals surface area (Å²) < 4.78 is 4.91. The fourth-order valence-corrected chi connectivity index (χ4v) is 3.60. The molecule has 0 saturated heterocycles. The predicted molar refractivity (Wildman–Crippen MR) is 121 cm³/mol. The first kappa shape index (κ1) is 20.5. The lowest BCUT2D eigenvalue weighted by molar-refractivity contribution is 0.491. The number of hydrogen-bond donors (Lipinski definition) is 1. The molecule has 2 aromatic heterocycles.